The Morgan fingerprint density at radius 1 is 1.29 bits per heavy atom. The molecule has 1 aliphatic carbocycles. The van der Waals surface area contributed by atoms with Crippen LogP contribution in [0.4, 0.5) is 0 Å². The lowest BCUT2D eigenvalue weighted by Gasteiger charge is -2.36. The van der Waals surface area contributed by atoms with E-state index in [0.29, 0.717) is 0 Å². The minimum atomic E-state index is 0.763. The zero-order chi connectivity index (χ0) is 10.4. The van der Waals surface area contributed by atoms with Crippen LogP contribution in [0.2, 0.25) is 0 Å². The molecule has 0 aliphatic heterocycles. The Morgan fingerprint density at radius 2 is 1.93 bits per heavy atom. The van der Waals surface area contributed by atoms with Gasteiger partial charge in [0.05, 0.1) is 0 Å². The fourth-order valence-electron chi connectivity index (χ4n) is 2.40. The van der Waals surface area contributed by atoms with E-state index in [0.717, 1.165) is 25.0 Å². The molecule has 0 aromatic carbocycles. The van der Waals surface area contributed by atoms with Crippen LogP contribution >= 0.6 is 0 Å². The molecule has 2 heteroatoms. The predicted octanol–water partition coefficient (Wildman–Crippen LogP) is 2.24. The van der Waals surface area contributed by atoms with Gasteiger partial charge in [-0.05, 0) is 31.6 Å². The zero-order valence-corrected chi connectivity index (χ0v) is 9.84. The normalized spacial score (nSPS) is 17.8. The van der Waals surface area contributed by atoms with Crippen LogP contribution in [0.3, 0.4) is 0 Å². The number of hydrogen-bond acceptors (Lipinski definition) is 2. The van der Waals surface area contributed by atoms with E-state index < -0.39 is 0 Å². The van der Waals surface area contributed by atoms with Gasteiger partial charge in [-0.3, -0.25) is 4.90 Å². The Labute approximate surface area is 88.8 Å². The van der Waals surface area contributed by atoms with E-state index in [2.05, 4.69) is 18.7 Å². The van der Waals surface area contributed by atoms with E-state index in [1.54, 1.807) is 0 Å². The fraction of sp³-hybridized carbons (Fsp3) is 1.00. The molecule has 0 aromatic heterocycles. The van der Waals surface area contributed by atoms with Gasteiger partial charge in [-0.2, -0.15) is 0 Å². The van der Waals surface area contributed by atoms with Crippen molar-refractivity contribution < 1.29 is 0 Å². The van der Waals surface area contributed by atoms with E-state index in [4.69, 9.17) is 5.73 Å². The van der Waals surface area contributed by atoms with Crippen molar-refractivity contribution in [2.75, 3.05) is 19.6 Å². The van der Waals surface area contributed by atoms with Gasteiger partial charge in [-0.1, -0.05) is 20.3 Å². The van der Waals surface area contributed by atoms with Crippen molar-refractivity contribution in [2.45, 2.75) is 52.0 Å². The van der Waals surface area contributed by atoms with Crippen LogP contribution in [0.1, 0.15) is 46.0 Å². The Kier molecular flexibility index (Phi) is 5.49. The highest BCUT2D eigenvalue weighted by molar-refractivity contribution is 4.77. The van der Waals surface area contributed by atoms with E-state index in [1.807, 2.05) is 0 Å². The van der Waals surface area contributed by atoms with Crippen LogP contribution in [0, 0.1) is 5.92 Å². The van der Waals surface area contributed by atoms with Crippen LogP contribution < -0.4 is 5.73 Å². The largest absolute Gasteiger partial charge is 0.329 e. The number of hydrogen-bond donors (Lipinski definition) is 1. The smallest absolute Gasteiger partial charge is 0.0108 e. The third kappa shape index (κ3) is 3.25. The van der Waals surface area contributed by atoms with Crippen LogP contribution in [0.5, 0.6) is 0 Å². The lowest BCUT2D eigenvalue weighted by Crippen LogP contribution is -2.42. The molecule has 0 amide bonds. The average Bonchev–Trinajstić information content (AvgIpc) is 2.13. The summed E-state index contributed by atoms with van der Waals surface area (Å²) in [6.07, 6.45) is 6.87. The molecule has 0 unspecified atom stereocenters. The minimum absolute atomic E-state index is 0.763. The monoisotopic (exact) mass is 198 g/mol. The lowest BCUT2D eigenvalue weighted by atomic mass is 9.84. The Hall–Kier alpha value is -0.0800. The summed E-state index contributed by atoms with van der Waals surface area (Å²) >= 11 is 0. The zero-order valence-electron chi connectivity index (χ0n) is 9.84. The molecule has 2 nitrogen and oxygen atoms in total. The van der Waals surface area contributed by atoms with Crippen LogP contribution in [0.15, 0.2) is 0 Å². The maximum Gasteiger partial charge on any atom is 0.0108 e. The topological polar surface area (TPSA) is 29.3 Å². The Balaban J connectivity index is 2.34. The summed E-state index contributed by atoms with van der Waals surface area (Å²) in [6.45, 7) is 7.77. The first-order valence-electron chi connectivity index (χ1n) is 6.25. The van der Waals surface area contributed by atoms with Crippen molar-refractivity contribution in [1.82, 2.24) is 4.90 Å². The molecule has 14 heavy (non-hydrogen) atoms. The molecule has 0 aromatic rings. The van der Waals surface area contributed by atoms with Gasteiger partial charge in [0.25, 0.3) is 0 Å². The van der Waals surface area contributed by atoms with Crippen molar-refractivity contribution in [3.05, 3.63) is 0 Å². The molecule has 1 rings (SSSR count). The van der Waals surface area contributed by atoms with Crippen LogP contribution in [0.25, 0.3) is 0 Å². The molecule has 1 aliphatic rings. The van der Waals surface area contributed by atoms with Gasteiger partial charge >= 0.3 is 0 Å². The number of nitrogens with zero attached hydrogens (tertiary/aromatic N) is 1. The third-order valence-corrected chi connectivity index (χ3v) is 3.59. The predicted molar refractivity (Wildman–Crippen MR) is 62.3 cm³/mol. The van der Waals surface area contributed by atoms with Crippen molar-refractivity contribution in [3.8, 4) is 0 Å². The molecule has 84 valence electrons. The third-order valence-electron chi connectivity index (χ3n) is 3.59. The SMILES string of the molecule is CCC(CC)N(CCN)CC1CCC1. The van der Waals surface area contributed by atoms with E-state index in [1.165, 1.54) is 38.6 Å². The highest BCUT2D eigenvalue weighted by Crippen LogP contribution is 2.28. The second-order valence-electron chi connectivity index (χ2n) is 4.55. The van der Waals surface area contributed by atoms with Gasteiger partial charge in [-0.25, -0.2) is 0 Å². The Morgan fingerprint density at radius 3 is 2.29 bits per heavy atom. The summed E-state index contributed by atoms with van der Waals surface area (Å²) in [6, 6.07) is 0.763. The first kappa shape index (κ1) is 12.0. The molecule has 1 saturated carbocycles. The fourth-order valence-corrected chi connectivity index (χ4v) is 2.40. The van der Waals surface area contributed by atoms with Crippen molar-refractivity contribution in [2.24, 2.45) is 11.7 Å². The van der Waals surface area contributed by atoms with E-state index >= 15 is 0 Å². The van der Waals surface area contributed by atoms with Crippen molar-refractivity contribution in [3.63, 3.8) is 0 Å². The molecular formula is C12H26N2. The minimum Gasteiger partial charge on any atom is -0.329 e. The first-order chi connectivity index (χ1) is 6.81. The second kappa shape index (κ2) is 6.41. The van der Waals surface area contributed by atoms with Gasteiger partial charge in [-0.15, -0.1) is 0 Å². The maximum absolute atomic E-state index is 5.67. The van der Waals surface area contributed by atoms with Gasteiger partial charge in [0.2, 0.25) is 0 Å². The molecular weight excluding hydrogens is 172 g/mol. The summed E-state index contributed by atoms with van der Waals surface area (Å²) in [7, 11) is 0. The summed E-state index contributed by atoms with van der Waals surface area (Å²) in [5, 5.41) is 0. The van der Waals surface area contributed by atoms with Gasteiger partial charge in [0, 0.05) is 25.7 Å². The lowest BCUT2D eigenvalue weighted by molar-refractivity contribution is 0.129. The molecule has 0 bridgehead atoms. The highest BCUT2D eigenvalue weighted by Gasteiger charge is 2.23. The summed E-state index contributed by atoms with van der Waals surface area (Å²) in [5.74, 6) is 0.974. The van der Waals surface area contributed by atoms with Crippen LogP contribution in [-0.4, -0.2) is 30.6 Å². The van der Waals surface area contributed by atoms with Crippen LogP contribution in [-0.2, 0) is 0 Å². The summed E-state index contributed by atoms with van der Waals surface area (Å²) < 4.78 is 0. The maximum atomic E-state index is 5.67. The molecule has 1 fully saturated rings. The first-order valence-corrected chi connectivity index (χ1v) is 6.25. The van der Waals surface area contributed by atoms with Gasteiger partial charge in [0.1, 0.15) is 0 Å². The number of nitrogens with two attached hydrogens (primary N) is 1. The van der Waals surface area contributed by atoms with E-state index in [-0.39, 0.29) is 0 Å². The average molecular weight is 198 g/mol. The number of rotatable bonds is 7. The summed E-state index contributed by atoms with van der Waals surface area (Å²) in [4.78, 5) is 2.61. The molecule has 0 saturated heterocycles. The van der Waals surface area contributed by atoms with Gasteiger partial charge < -0.3 is 5.73 Å². The quantitative estimate of drug-likeness (QED) is 0.680. The van der Waals surface area contributed by atoms with Crippen molar-refractivity contribution >= 4 is 0 Å². The second-order valence-corrected chi connectivity index (χ2v) is 4.55. The van der Waals surface area contributed by atoms with E-state index in [9.17, 15) is 0 Å². The standard InChI is InChI=1S/C12H26N2/c1-3-12(4-2)14(9-8-13)10-11-6-5-7-11/h11-12H,3-10,13H2,1-2H3. The molecule has 0 atom stereocenters. The van der Waals surface area contributed by atoms with Crippen molar-refractivity contribution in [1.29, 1.82) is 0 Å². The molecule has 2 N–H and O–H groups in total. The molecule has 0 radical (unpaired) electrons. The summed E-state index contributed by atoms with van der Waals surface area (Å²) in [5.41, 5.74) is 5.67. The molecule has 0 heterocycles. The Bertz CT molecular complexity index is 139. The molecule has 0 spiro atoms. The highest BCUT2D eigenvalue weighted by atomic mass is 15.2. The van der Waals surface area contributed by atoms with Gasteiger partial charge in [0.15, 0.2) is 0 Å².